The van der Waals surface area contributed by atoms with E-state index in [1.54, 1.807) is 23.1 Å². The molecule has 4 amide bonds. The third-order valence-electron chi connectivity index (χ3n) is 5.14. The maximum atomic E-state index is 12.8. The fourth-order valence-corrected chi connectivity index (χ4v) is 4.74. The molecule has 0 aromatic heterocycles. The van der Waals surface area contributed by atoms with Crippen LogP contribution in [0.4, 0.5) is 4.79 Å². The number of halogens is 2. The standard InChI is InChI=1S/C21H23Cl2N3O4S/c1-2-3-8-24-17(27)12-26-20(29)18(31-21(26)30)13-6-9-25(10-7-13)19(28)15-11-14(22)4-5-16(15)23/h4-5,11H,2-3,6-10,12H2,1H3,(H,24,27). The van der Waals surface area contributed by atoms with E-state index in [9.17, 15) is 19.2 Å². The van der Waals surface area contributed by atoms with E-state index in [1.807, 2.05) is 6.92 Å². The highest BCUT2D eigenvalue weighted by molar-refractivity contribution is 8.18. The number of imide groups is 1. The number of hydrogen-bond donors (Lipinski definition) is 1. The summed E-state index contributed by atoms with van der Waals surface area (Å²) >= 11 is 13.0. The van der Waals surface area contributed by atoms with Crippen LogP contribution < -0.4 is 5.32 Å². The molecule has 7 nitrogen and oxygen atoms in total. The van der Waals surface area contributed by atoms with Gasteiger partial charge in [0.25, 0.3) is 17.1 Å². The van der Waals surface area contributed by atoms with Gasteiger partial charge < -0.3 is 10.2 Å². The molecule has 10 heteroatoms. The Bertz CT molecular complexity index is 941. The topological polar surface area (TPSA) is 86.8 Å². The Morgan fingerprint density at radius 2 is 1.87 bits per heavy atom. The third-order valence-corrected chi connectivity index (χ3v) is 6.76. The van der Waals surface area contributed by atoms with E-state index >= 15 is 0 Å². The van der Waals surface area contributed by atoms with Gasteiger partial charge in [-0.2, -0.15) is 0 Å². The van der Waals surface area contributed by atoms with Crippen LogP contribution >= 0.6 is 35.0 Å². The summed E-state index contributed by atoms with van der Waals surface area (Å²) in [5, 5.41) is 3.03. The van der Waals surface area contributed by atoms with Crippen molar-refractivity contribution in [3.63, 3.8) is 0 Å². The number of nitrogens with zero attached hydrogens (tertiary/aromatic N) is 2. The molecule has 0 saturated carbocycles. The zero-order valence-corrected chi connectivity index (χ0v) is 19.4. The lowest BCUT2D eigenvalue weighted by atomic mass is 10.0. The first-order valence-electron chi connectivity index (χ1n) is 10.1. The molecule has 2 heterocycles. The molecule has 2 saturated heterocycles. The van der Waals surface area contributed by atoms with Gasteiger partial charge >= 0.3 is 0 Å². The van der Waals surface area contributed by atoms with E-state index in [4.69, 9.17) is 23.2 Å². The molecule has 0 radical (unpaired) electrons. The monoisotopic (exact) mass is 483 g/mol. The van der Waals surface area contributed by atoms with Gasteiger partial charge in [-0.15, -0.1) is 0 Å². The lowest BCUT2D eigenvalue weighted by molar-refractivity contribution is -0.129. The molecule has 31 heavy (non-hydrogen) atoms. The smallest absolute Gasteiger partial charge is 0.294 e. The Labute approximate surface area is 195 Å². The van der Waals surface area contributed by atoms with Crippen LogP contribution in [-0.2, 0) is 9.59 Å². The number of nitrogens with one attached hydrogen (secondary N) is 1. The van der Waals surface area contributed by atoms with Crippen LogP contribution in [0.5, 0.6) is 0 Å². The summed E-state index contributed by atoms with van der Waals surface area (Å²) < 4.78 is 0. The highest BCUT2D eigenvalue weighted by atomic mass is 35.5. The van der Waals surface area contributed by atoms with E-state index in [-0.39, 0.29) is 18.4 Å². The molecule has 0 spiro atoms. The largest absolute Gasteiger partial charge is 0.355 e. The highest BCUT2D eigenvalue weighted by Crippen LogP contribution is 2.36. The van der Waals surface area contributed by atoms with Crippen LogP contribution in [0.25, 0.3) is 0 Å². The van der Waals surface area contributed by atoms with E-state index in [2.05, 4.69) is 5.32 Å². The number of hydrogen-bond acceptors (Lipinski definition) is 5. The lowest BCUT2D eigenvalue weighted by Crippen LogP contribution is -2.40. The van der Waals surface area contributed by atoms with Crippen molar-refractivity contribution in [2.75, 3.05) is 26.2 Å². The van der Waals surface area contributed by atoms with Gasteiger partial charge in [0.15, 0.2) is 0 Å². The zero-order valence-electron chi connectivity index (χ0n) is 17.1. The van der Waals surface area contributed by atoms with E-state index in [0.29, 0.717) is 53.0 Å². The molecule has 1 aromatic rings. The summed E-state index contributed by atoms with van der Waals surface area (Å²) in [5.74, 6) is -1.00. The number of amides is 4. The van der Waals surface area contributed by atoms with Crippen molar-refractivity contribution < 1.29 is 19.2 Å². The van der Waals surface area contributed by atoms with Crippen molar-refractivity contribution >= 4 is 57.9 Å². The summed E-state index contributed by atoms with van der Waals surface area (Å²) in [4.78, 5) is 52.8. The molecule has 0 atom stereocenters. The average Bonchev–Trinajstić information content (AvgIpc) is 3.03. The van der Waals surface area contributed by atoms with E-state index < -0.39 is 11.1 Å². The maximum Gasteiger partial charge on any atom is 0.294 e. The minimum Gasteiger partial charge on any atom is -0.355 e. The Morgan fingerprint density at radius 1 is 1.16 bits per heavy atom. The van der Waals surface area contributed by atoms with E-state index in [0.717, 1.165) is 35.1 Å². The minimum atomic E-state index is -0.442. The molecule has 0 unspecified atom stereocenters. The number of benzene rings is 1. The SMILES string of the molecule is CCCCNC(=O)CN1C(=O)SC(=C2CCN(C(=O)c3cc(Cl)ccc3Cl)CC2)C1=O. The van der Waals surface area contributed by atoms with E-state index in [1.165, 1.54) is 0 Å². The second-order valence-electron chi connectivity index (χ2n) is 7.31. The summed E-state index contributed by atoms with van der Waals surface area (Å²) in [5.41, 5.74) is 1.17. The second-order valence-corrected chi connectivity index (χ2v) is 9.12. The first-order valence-corrected chi connectivity index (χ1v) is 11.7. The Hall–Kier alpha value is -2.03. The second kappa shape index (κ2) is 10.5. The molecule has 2 fully saturated rings. The van der Waals surface area contributed by atoms with Crippen LogP contribution in [0.2, 0.25) is 10.0 Å². The first kappa shape index (κ1) is 23.6. The number of unbranched alkanes of at least 4 members (excludes halogenated alkanes) is 1. The Morgan fingerprint density at radius 3 is 2.55 bits per heavy atom. The average molecular weight is 484 g/mol. The predicted molar refractivity (Wildman–Crippen MR) is 121 cm³/mol. The summed E-state index contributed by atoms with van der Waals surface area (Å²) in [7, 11) is 0. The van der Waals surface area contributed by atoms with Gasteiger partial charge in [-0.05, 0) is 54.8 Å². The normalized spacial score (nSPS) is 16.9. The van der Waals surface area contributed by atoms with Crippen molar-refractivity contribution in [3.05, 3.63) is 44.3 Å². The van der Waals surface area contributed by atoms with Crippen molar-refractivity contribution in [3.8, 4) is 0 Å². The fraction of sp³-hybridized carbons (Fsp3) is 0.429. The molecular weight excluding hydrogens is 461 g/mol. The van der Waals surface area contributed by atoms with Gasteiger partial charge in [0.2, 0.25) is 5.91 Å². The number of piperidine rings is 1. The highest BCUT2D eigenvalue weighted by Gasteiger charge is 2.38. The summed E-state index contributed by atoms with van der Waals surface area (Å²) in [6.07, 6.45) is 2.73. The molecule has 1 N–H and O–H groups in total. The van der Waals surface area contributed by atoms with Gasteiger partial charge in [-0.3, -0.25) is 24.1 Å². The van der Waals surface area contributed by atoms with Crippen LogP contribution in [-0.4, -0.2) is 58.9 Å². The zero-order chi connectivity index (χ0) is 22.5. The summed E-state index contributed by atoms with van der Waals surface area (Å²) in [6, 6.07) is 4.74. The van der Waals surface area contributed by atoms with Crippen molar-refractivity contribution in [2.45, 2.75) is 32.6 Å². The number of carbonyl (C=O) groups excluding carboxylic acids is 4. The number of carbonyl (C=O) groups is 4. The van der Waals surface area contributed by atoms with Gasteiger partial charge in [0, 0.05) is 24.7 Å². The van der Waals surface area contributed by atoms with Gasteiger partial charge in [0.1, 0.15) is 6.54 Å². The molecule has 2 aliphatic heterocycles. The number of thioether (sulfide) groups is 1. The molecule has 1 aromatic carbocycles. The van der Waals surface area contributed by atoms with Crippen molar-refractivity contribution in [2.24, 2.45) is 0 Å². The van der Waals surface area contributed by atoms with Crippen LogP contribution in [0.15, 0.2) is 28.7 Å². The van der Waals surface area contributed by atoms with Crippen LogP contribution in [0, 0.1) is 0 Å². The molecule has 0 aliphatic carbocycles. The number of rotatable bonds is 6. The molecule has 3 rings (SSSR count). The minimum absolute atomic E-state index is 0.219. The van der Waals surface area contributed by atoms with Crippen molar-refractivity contribution in [1.82, 2.24) is 15.1 Å². The lowest BCUT2D eigenvalue weighted by Gasteiger charge is -2.29. The fourth-order valence-electron chi connectivity index (χ4n) is 3.39. The van der Waals surface area contributed by atoms with Gasteiger partial charge in [0.05, 0.1) is 15.5 Å². The van der Waals surface area contributed by atoms with Crippen LogP contribution in [0.3, 0.4) is 0 Å². The van der Waals surface area contributed by atoms with Gasteiger partial charge in [-0.25, -0.2) is 0 Å². The maximum absolute atomic E-state index is 12.8. The Balaban J connectivity index is 1.63. The van der Waals surface area contributed by atoms with Crippen LogP contribution in [0.1, 0.15) is 43.0 Å². The molecule has 0 bridgehead atoms. The Kier molecular flexibility index (Phi) is 8.02. The molecule has 166 valence electrons. The van der Waals surface area contributed by atoms with Gasteiger partial charge in [-0.1, -0.05) is 36.5 Å². The van der Waals surface area contributed by atoms with Crippen molar-refractivity contribution in [1.29, 1.82) is 0 Å². The number of likely N-dealkylation sites (tertiary alicyclic amines) is 1. The molecule has 2 aliphatic rings. The summed E-state index contributed by atoms with van der Waals surface area (Å²) in [6.45, 7) is 3.06. The quantitative estimate of drug-likeness (QED) is 0.486. The predicted octanol–water partition coefficient (Wildman–Crippen LogP) is 4.10. The third kappa shape index (κ3) is 5.61. The molecular formula is C21H23Cl2N3O4S. The first-order chi connectivity index (χ1) is 14.8.